The van der Waals surface area contributed by atoms with Crippen molar-refractivity contribution in [3.05, 3.63) is 11.8 Å². The van der Waals surface area contributed by atoms with Crippen LogP contribution in [0.5, 0.6) is 0 Å². The molecular formula is C12H21N3O3. The maximum atomic E-state index is 10.1. The maximum Gasteiger partial charge on any atom is 0.230 e. The summed E-state index contributed by atoms with van der Waals surface area (Å²) in [6.45, 7) is 5.55. The van der Waals surface area contributed by atoms with Crippen LogP contribution in [0, 0.1) is 0 Å². The van der Waals surface area contributed by atoms with E-state index in [1.165, 1.54) is 0 Å². The highest BCUT2D eigenvalue weighted by molar-refractivity contribution is 4.93. The molecule has 2 rings (SSSR count). The van der Waals surface area contributed by atoms with Crippen LogP contribution in [-0.4, -0.2) is 50.1 Å². The van der Waals surface area contributed by atoms with Gasteiger partial charge in [-0.3, -0.25) is 4.90 Å². The van der Waals surface area contributed by atoms with Crippen molar-refractivity contribution in [3.63, 3.8) is 0 Å². The highest BCUT2D eigenvalue weighted by Gasteiger charge is 2.39. The molecule has 2 heterocycles. The molecule has 6 nitrogen and oxygen atoms in total. The Hall–Kier alpha value is -0.980. The fourth-order valence-electron chi connectivity index (χ4n) is 2.27. The number of piperidine rings is 1. The van der Waals surface area contributed by atoms with Gasteiger partial charge in [0, 0.05) is 19.5 Å². The molecule has 0 bridgehead atoms. The Morgan fingerprint density at radius 2 is 2.11 bits per heavy atom. The van der Waals surface area contributed by atoms with E-state index >= 15 is 0 Å². The molecule has 0 radical (unpaired) electrons. The number of aromatic nitrogens is 2. The van der Waals surface area contributed by atoms with Gasteiger partial charge in [-0.15, -0.1) is 10.2 Å². The maximum absolute atomic E-state index is 10.1. The zero-order valence-electron chi connectivity index (χ0n) is 11.0. The van der Waals surface area contributed by atoms with Crippen molar-refractivity contribution >= 4 is 0 Å². The molecule has 1 aliphatic rings. The molecular weight excluding hydrogens is 234 g/mol. The zero-order chi connectivity index (χ0) is 13.2. The van der Waals surface area contributed by atoms with E-state index < -0.39 is 11.7 Å². The quantitative estimate of drug-likeness (QED) is 0.807. The van der Waals surface area contributed by atoms with E-state index in [0.29, 0.717) is 37.7 Å². The minimum absolute atomic E-state index is 0.439. The lowest BCUT2D eigenvalue weighted by Gasteiger charge is -2.41. The Labute approximate surface area is 107 Å². The van der Waals surface area contributed by atoms with Gasteiger partial charge in [-0.25, -0.2) is 0 Å². The summed E-state index contributed by atoms with van der Waals surface area (Å²) in [5.74, 6) is 1.20. The van der Waals surface area contributed by atoms with Crippen LogP contribution in [-0.2, 0) is 13.0 Å². The Morgan fingerprint density at radius 1 is 1.39 bits per heavy atom. The fourth-order valence-corrected chi connectivity index (χ4v) is 2.27. The number of aryl methyl sites for hydroxylation is 1. The van der Waals surface area contributed by atoms with Gasteiger partial charge < -0.3 is 14.6 Å². The summed E-state index contributed by atoms with van der Waals surface area (Å²) in [6.07, 6.45) is 1.15. The van der Waals surface area contributed by atoms with Crippen LogP contribution >= 0.6 is 0 Å². The van der Waals surface area contributed by atoms with Crippen LogP contribution in [0.15, 0.2) is 4.42 Å². The summed E-state index contributed by atoms with van der Waals surface area (Å²) in [6, 6.07) is 0. The van der Waals surface area contributed by atoms with E-state index in [9.17, 15) is 10.2 Å². The number of hydrogen-bond acceptors (Lipinski definition) is 6. The van der Waals surface area contributed by atoms with Crippen molar-refractivity contribution in [2.45, 2.75) is 51.4 Å². The smallest absolute Gasteiger partial charge is 0.230 e. The van der Waals surface area contributed by atoms with Crippen LogP contribution < -0.4 is 0 Å². The first kappa shape index (κ1) is 13.5. The summed E-state index contributed by atoms with van der Waals surface area (Å²) in [7, 11) is 0. The third-order valence-electron chi connectivity index (χ3n) is 3.69. The van der Waals surface area contributed by atoms with Crippen LogP contribution in [0.3, 0.4) is 0 Å². The molecule has 0 saturated carbocycles. The van der Waals surface area contributed by atoms with Crippen molar-refractivity contribution in [1.82, 2.24) is 15.1 Å². The third kappa shape index (κ3) is 2.71. The first-order chi connectivity index (χ1) is 8.57. The van der Waals surface area contributed by atoms with E-state index in [1.54, 1.807) is 0 Å². The van der Waals surface area contributed by atoms with E-state index in [-0.39, 0.29) is 0 Å². The van der Waals surface area contributed by atoms with Crippen molar-refractivity contribution < 1.29 is 14.6 Å². The molecule has 2 N–H and O–H groups in total. The van der Waals surface area contributed by atoms with Gasteiger partial charge in [0.15, 0.2) is 0 Å². The normalized spacial score (nSPS) is 29.7. The van der Waals surface area contributed by atoms with Crippen molar-refractivity contribution in [1.29, 1.82) is 0 Å². The topological polar surface area (TPSA) is 82.6 Å². The second-order valence-corrected chi connectivity index (χ2v) is 4.90. The first-order valence-corrected chi connectivity index (χ1v) is 6.51. The summed E-state index contributed by atoms with van der Waals surface area (Å²) < 4.78 is 5.44. The summed E-state index contributed by atoms with van der Waals surface area (Å²) in [5, 5.41) is 28.0. The minimum atomic E-state index is -0.945. The van der Waals surface area contributed by atoms with Crippen LogP contribution in [0.1, 0.15) is 38.5 Å². The summed E-state index contributed by atoms with van der Waals surface area (Å²) in [5.41, 5.74) is -0.945. The molecule has 0 aliphatic carbocycles. The molecule has 18 heavy (non-hydrogen) atoms. The predicted molar refractivity (Wildman–Crippen MR) is 64.8 cm³/mol. The SMILES string of the molecule is CCc1nnc(CN2CC[C@](O)(CC)[C@H](O)C2)o1. The number of likely N-dealkylation sites (tertiary alicyclic amines) is 1. The first-order valence-electron chi connectivity index (χ1n) is 6.51. The number of rotatable bonds is 4. The van der Waals surface area contributed by atoms with Crippen molar-refractivity contribution in [2.24, 2.45) is 0 Å². The lowest BCUT2D eigenvalue weighted by atomic mass is 9.86. The second kappa shape index (κ2) is 5.34. The Balaban J connectivity index is 1.93. The van der Waals surface area contributed by atoms with Gasteiger partial charge in [0.2, 0.25) is 11.8 Å². The minimum Gasteiger partial charge on any atom is -0.424 e. The molecule has 0 aromatic carbocycles. The highest BCUT2D eigenvalue weighted by atomic mass is 16.4. The van der Waals surface area contributed by atoms with E-state index in [4.69, 9.17) is 4.42 Å². The van der Waals surface area contributed by atoms with Gasteiger partial charge in [0.25, 0.3) is 0 Å². The van der Waals surface area contributed by atoms with E-state index in [0.717, 1.165) is 13.0 Å². The Bertz CT molecular complexity index is 396. The Morgan fingerprint density at radius 3 is 2.67 bits per heavy atom. The lowest BCUT2D eigenvalue weighted by molar-refractivity contribution is -0.122. The molecule has 2 atom stereocenters. The van der Waals surface area contributed by atoms with Gasteiger partial charge in [-0.2, -0.15) is 0 Å². The average molecular weight is 255 g/mol. The van der Waals surface area contributed by atoms with Crippen molar-refractivity contribution in [3.8, 4) is 0 Å². The standard InChI is InChI=1S/C12H21N3O3/c1-3-10-13-14-11(18-10)8-15-6-5-12(17,4-2)9(16)7-15/h9,16-17H,3-8H2,1-2H3/t9-,12-/m1/s1. The number of β-amino-alcohol motifs (C(OH)–C–C–N with tert-alkyl or cyclic N) is 1. The molecule has 1 fully saturated rings. The van der Waals surface area contributed by atoms with Gasteiger partial charge in [-0.05, 0) is 12.8 Å². The number of aliphatic hydroxyl groups excluding tert-OH is 1. The molecule has 6 heteroatoms. The molecule has 1 saturated heterocycles. The number of nitrogens with zero attached hydrogens (tertiary/aromatic N) is 3. The Kier molecular flexibility index (Phi) is 3.99. The van der Waals surface area contributed by atoms with Crippen LogP contribution in [0.25, 0.3) is 0 Å². The van der Waals surface area contributed by atoms with Gasteiger partial charge in [0.05, 0.1) is 18.2 Å². The van der Waals surface area contributed by atoms with Gasteiger partial charge in [-0.1, -0.05) is 13.8 Å². The van der Waals surface area contributed by atoms with Gasteiger partial charge in [0.1, 0.15) is 0 Å². The fraction of sp³-hybridized carbons (Fsp3) is 0.833. The monoisotopic (exact) mass is 255 g/mol. The zero-order valence-corrected chi connectivity index (χ0v) is 11.0. The molecule has 0 spiro atoms. The lowest BCUT2D eigenvalue weighted by Crippen LogP contribution is -2.54. The highest BCUT2D eigenvalue weighted by Crippen LogP contribution is 2.26. The van der Waals surface area contributed by atoms with Crippen LogP contribution in [0.2, 0.25) is 0 Å². The predicted octanol–water partition coefficient (Wildman–Crippen LogP) is 0.340. The van der Waals surface area contributed by atoms with Crippen LogP contribution in [0.4, 0.5) is 0 Å². The van der Waals surface area contributed by atoms with Gasteiger partial charge >= 0.3 is 0 Å². The molecule has 102 valence electrons. The van der Waals surface area contributed by atoms with E-state index in [2.05, 4.69) is 10.2 Å². The average Bonchev–Trinajstić information content (AvgIpc) is 2.82. The molecule has 1 aromatic rings. The van der Waals surface area contributed by atoms with E-state index in [1.807, 2.05) is 18.7 Å². The molecule has 1 aliphatic heterocycles. The molecule has 0 amide bonds. The number of aliphatic hydroxyl groups is 2. The molecule has 0 unspecified atom stereocenters. The van der Waals surface area contributed by atoms with Crippen molar-refractivity contribution in [2.75, 3.05) is 13.1 Å². The summed E-state index contributed by atoms with van der Waals surface area (Å²) >= 11 is 0. The number of hydrogen-bond donors (Lipinski definition) is 2. The largest absolute Gasteiger partial charge is 0.424 e. The second-order valence-electron chi connectivity index (χ2n) is 4.90. The summed E-state index contributed by atoms with van der Waals surface area (Å²) in [4.78, 5) is 2.03. The third-order valence-corrected chi connectivity index (χ3v) is 3.69. The molecule has 1 aromatic heterocycles.